The van der Waals surface area contributed by atoms with Crippen LogP contribution in [0.2, 0.25) is 0 Å². The number of hydrogen-bond donors (Lipinski definition) is 1. The van der Waals surface area contributed by atoms with Crippen LogP contribution in [0.15, 0.2) is 83.8 Å². The second-order valence-corrected chi connectivity index (χ2v) is 12.3. The van der Waals surface area contributed by atoms with Crippen LogP contribution in [0.3, 0.4) is 0 Å². The first-order chi connectivity index (χ1) is 20.4. The fourth-order valence-corrected chi connectivity index (χ4v) is 6.89. The van der Waals surface area contributed by atoms with Gasteiger partial charge in [-0.1, -0.05) is 36.8 Å². The highest BCUT2D eigenvalue weighted by Crippen LogP contribution is 2.43. The SMILES string of the molecule is Cc1ccc(Oc2cc3c(cc2S(=O)(=O)N2CCCCC2)C(=O)Nc2ccccc2O3)c(-n2nc3ccccc3n2)c1. The van der Waals surface area contributed by atoms with Crippen molar-refractivity contribution in [2.24, 2.45) is 0 Å². The maximum atomic E-state index is 14.1. The summed E-state index contributed by atoms with van der Waals surface area (Å²) in [4.78, 5) is 14.7. The highest BCUT2D eigenvalue weighted by atomic mass is 32.2. The van der Waals surface area contributed by atoms with Crippen LogP contribution in [0.4, 0.5) is 5.69 Å². The van der Waals surface area contributed by atoms with E-state index in [1.165, 1.54) is 21.2 Å². The molecular weight excluding hydrogens is 554 g/mol. The lowest BCUT2D eigenvalue weighted by Crippen LogP contribution is -2.35. The number of para-hydroxylation sites is 2. The number of nitrogens with zero attached hydrogens (tertiary/aromatic N) is 4. The van der Waals surface area contributed by atoms with E-state index in [0.29, 0.717) is 47.0 Å². The summed E-state index contributed by atoms with van der Waals surface area (Å²) in [5.74, 6) is 0.523. The van der Waals surface area contributed by atoms with Crippen LogP contribution >= 0.6 is 0 Å². The number of anilines is 1. The second-order valence-electron chi connectivity index (χ2n) is 10.4. The van der Waals surface area contributed by atoms with Crippen molar-refractivity contribution in [2.45, 2.75) is 31.1 Å². The van der Waals surface area contributed by atoms with Crippen LogP contribution in [-0.2, 0) is 10.0 Å². The molecule has 1 fully saturated rings. The molecule has 1 saturated heterocycles. The summed E-state index contributed by atoms with van der Waals surface area (Å²) >= 11 is 0. The van der Waals surface area contributed by atoms with Gasteiger partial charge in [-0.25, -0.2) is 8.42 Å². The van der Waals surface area contributed by atoms with E-state index in [2.05, 4.69) is 15.5 Å². The standard InChI is InChI=1S/C31H27N5O5S/c1-20-13-14-27(25(17-20)36-33-22-9-3-4-10-23(22)34-36)41-29-19-28-21(31(37)32-24-11-5-6-12-26(24)40-28)18-30(29)42(38,39)35-15-7-2-8-16-35/h3-6,9-14,17-19H,2,7-8,15-16H2,1H3,(H,32,37). The summed E-state index contributed by atoms with van der Waals surface area (Å²) in [5.41, 5.74) is 3.48. The molecule has 4 aromatic carbocycles. The lowest BCUT2D eigenvalue weighted by Gasteiger charge is -2.27. The van der Waals surface area contributed by atoms with Gasteiger partial charge >= 0.3 is 0 Å². The van der Waals surface area contributed by atoms with Crippen molar-refractivity contribution in [3.05, 3.63) is 90.0 Å². The highest BCUT2D eigenvalue weighted by Gasteiger charge is 2.33. The van der Waals surface area contributed by atoms with Gasteiger partial charge in [0.25, 0.3) is 5.91 Å². The third kappa shape index (κ3) is 4.66. The van der Waals surface area contributed by atoms with Gasteiger partial charge in [0.15, 0.2) is 17.2 Å². The largest absolute Gasteiger partial charge is 0.454 e. The number of aryl methyl sites for hydroxylation is 1. The van der Waals surface area contributed by atoms with E-state index in [0.717, 1.165) is 24.8 Å². The third-order valence-electron chi connectivity index (χ3n) is 7.42. The van der Waals surface area contributed by atoms with Crippen LogP contribution < -0.4 is 14.8 Å². The average Bonchev–Trinajstić information content (AvgIpc) is 3.38. The molecule has 42 heavy (non-hydrogen) atoms. The molecule has 0 radical (unpaired) electrons. The Morgan fingerprint density at radius 3 is 2.31 bits per heavy atom. The quantitative estimate of drug-likeness (QED) is 0.268. The van der Waals surface area contributed by atoms with Crippen LogP contribution in [0, 0.1) is 6.92 Å². The number of nitrogens with one attached hydrogen (secondary N) is 1. The van der Waals surface area contributed by atoms with Crippen molar-refractivity contribution in [2.75, 3.05) is 18.4 Å². The highest BCUT2D eigenvalue weighted by molar-refractivity contribution is 7.89. The Morgan fingerprint density at radius 1 is 0.833 bits per heavy atom. The molecule has 0 saturated carbocycles. The number of aromatic nitrogens is 3. The number of sulfonamides is 1. The van der Waals surface area contributed by atoms with Gasteiger partial charge in [-0.3, -0.25) is 4.79 Å². The van der Waals surface area contributed by atoms with Gasteiger partial charge in [0.2, 0.25) is 10.0 Å². The Bertz CT molecular complexity index is 1930. The number of hydrogen-bond acceptors (Lipinski definition) is 7. The van der Waals surface area contributed by atoms with E-state index < -0.39 is 15.9 Å². The molecule has 2 aliphatic heterocycles. The molecular formula is C31H27N5O5S. The molecule has 0 unspecified atom stereocenters. The minimum Gasteiger partial charge on any atom is -0.454 e. The lowest BCUT2D eigenvalue weighted by molar-refractivity contribution is 0.102. The van der Waals surface area contributed by atoms with E-state index in [9.17, 15) is 13.2 Å². The number of amides is 1. The first-order valence-corrected chi connectivity index (χ1v) is 15.2. The molecule has 3 heterocycles. The second kappa shape index (κ2) is 10.3. The topological polar surface area (TPSA) is 116 Å². The van der Waals surface area contributed by atoms with E-state index in [-0.39, 0.29) is 22.0 Å². The summed E-state index contributed by atoms with van der Waals surface area (Å²) in [6, 6.07) is 22.9. The monoisotopic (exact) mass is 581 g/mol. The van der Waals surface area contributed by atoms with Crippen molar-refractivity contribution in [3.8, 4) is 28.7 Å². The predicted molar refractivity (Wildman–Crippen MR) is 157 cm³/mol. The van der Waals surface area contributed by atoms with E-state index in [1.807, 2.05) is 43.3 Å². The van der Waals surface area contributed by atoms with E-state index in [4.69, 9.17) is 9.47 Å². The van der Waals surface area contributed by atoms with Crippen LogP contribution in [0.25, 0.3) is 16.7 Å². The molecule has 10 nitrogen and oxygen atoms in total. The third-order valence-corrected chi connectivity index (χ3v) is 9.33. The number of carbonyl (C=O) groups excluding carboxylic acids is 1. The molecule has 2 aliphatic rings. The minimum absolute atomic E-state index is 0.0355. The molecule has 0 spiro atoms. The maximum absolute atomic E-state index is 14.1. The van der Waals surface area contributed by atoms with Crippen molar-refractivity contribution in [1.82, 2.24) is 19.3 Å². The molecule has 1 N–H and O–H groups in total. The number of ether oxygens (including phenoxy) is 2. The predicted octanol–water partition coefficient (Wildman–Crippen LogP) is 6.05. The van der Waals surface area contributed by atoms with Gasteiger partial charge in [0.1, 0.15) is 27.4 Å². The Balaban J connectivity index is 1.39. The first-order valence-electron chi connectivity index (χ1n) is 13.7. The number of piperidine rings is 1. The van der Waals surface area contributed by atoms with Gasteiger partial charge < -0.3 is 14.8 Å². The summed E-state index contributed by atoms with van der Waals surface area (Å²) in [6.07, 6.45) is 2.49. The summed E-state index contributed by atoms with van der Waals surface area (Å²) < 4.78 is 42.2. The molecule has 1 amide bonds. The van der Waals surface area contributed by atoms with E-state index >= 15 is 0 Å². The van der Waals surface area contributed by atoms with Crippen molar-refractivity contribution in [1.29, 1.82) is 0 Å². The van der Waals surface area contributed by atoms with Crippen molar-refractivity contribution >= 4 is 32.7 Å². The summed E-state index contributed by atoms with van der Waals surface area (Å²) in [5, 5.41) is 12.0. The zero-order valence-electron chi connectivity index (χ0n) is 22.8. The maximum Gasteiger partial charge on any atom is 0.259 e. The minimum atomic E-state index is -4.02. The molecule has 1 aromatic heterocycles. The van der Waals surface area contributed by atoms with E-state index in [1.54, 1.807) is 30.3 Å². The summed E-state index contributed by atoms with van der Waals surface area (Å²) in [6.45, 7) is 2.73. The number of fused-ring (bicyclic) bond motifs is 3. The van der Waals surface area contributed by atoms with Gasteiger partial charge in [0.05, 0.1) is 11.3 Å². The first kappa shape index (κ1) is 26.2. The normalized spacial score (nSPS) is 15.3. The zero-order valence-corrected chi connectivity index (χ0v) is 23.6. The smallest absolute Gasteiger partial charge is 0.259 e. The molecule has 7 rings (SSSR count). The van der Waals surface area contributed by atoms with Gasteiger partial charge in [-0.2, -0.15) is 4.31 Å². The molecule has 212 valence electrons. The van der Waals surface area contributed by atoms with Gasteiger partial charge in [-0.05, 0) is 67.8 Å². The Hall–Kier alpha value is -4.74. The molecule has 11 heteroatoms. The van der Waals surface area contributed by atoms with Crippen LogP contribution in [-0.4, -0.2) is 46.7 Å². The van der Waals surface area contributed by atoms with Crippen molar-refractivity contribution < 1.29 is 22.7 Å². The number of carbonyl (C=O) groups is 1. The fourth-order valence-electron chi connectivity index (χ4n) is 5.25. The Labute approximate surface area is 242 Å². The van der Waals surface area contributed by atoms with Gasteiger partial charge in [-0.15, -0.1) is 15.0 Å². The molecule has 5 aromatic rings. The fraction of sp³-hybridized carbons (Fsp3) is 0.194. The Kier molecular flexibility index (Phi) is 6.40. The van der Waals surface area contributed by atoms with Crippen molar-refractivity contribution in [3.63, 3.8) is 0 Å². The average molecular weight is 582 g/mol. The molecule has 0 bridgehead atoms. The van der Waals surface area contributed by atoms with Crippen LogP contribution in [0.5, 0.6) is 23.0 Å². The lowest BCUT2D eigenvalue weighted by atomic mass is 10.1. The number of rotatable bonds is 5. The number of benzene rings is 4. The summed E-state index contributed by atoms with van der Waals surface area (Å²) in [7, 11) is -4.02. The molecule has 0 atom stereocenters. The van der Waals surface area contributed by atoms with Gasteiger partial charge in [0, 0.05) is 19.2 Å². The molecule has 0 aliphatic carbocycles. The Morgan fingerprint density at radius 2 is 1.55 bits per heavy atom. The zero-order chi connectivity index (χ0) is 28.8. The van der Waals surface area contributed by atoms with Crippen LogP contribution in [0.1, 0.15) is 35.2 Å².